The Hall–Kier alpha value is -2.48. The number of hydrogen-bond acceptors (Lipinski definition) is 2. The Balaban J connectivity index is 1.65. The van der Waals surface area contributed by atoms with Crippen LogP contribution >= 0.6 is 0 Å². The summed E-state index contributed by atoms with van der Waals surface area (Å²) in [6, 6.07) is 19.3. The molecule has 1 aliphatic carbocycles. The minimum absolute atomic E-state index is 0.0224. The summed E-state index contributed by atoms with van der Waals surface area (Å²) in [5.41, 5.74) is 6.32. The predicted octanol–water partition coefficient (Wildman–Crippen LogP) is 6.63. The number of rotatable bonds is 2. The molecule has 4 rings (SSSR count). The van der Waals surface area contributed by atoms with Crippen molar-refractivity contribution >= 4 is 11.6 Å². The van der Waals surface area contributed by atoms with E-state index in [2.05, 4.69) is 94.5 Å². The molecule has 25 heavy (non-hydrogen) atoms. The van der Waals surface area contributed by atoms with Crippen molar-refractivity contribution in [3.05, 3.63) is 71.3 Å². The number of benzene rings is 2. The summed E-state index contributed by atoms with van der Waals surface area (Å²) in [6.45, 7) is 11.2. The van der Waals surface area contributed by atoms with Crippen molar-refractivity contribution in [2.45, 2.75) is 45.4 Å². The van der Waals surface area contributed by atoms with Gasteiger partial charge in [0.15, 0.2) is 5.88 Å². The minimum atomic E-state index is -0.0224. The van der Waals surface area contributed by atoms with Crippen molar-refractivity contribution in [1.29, 1.82) is 0 Å². The molecule has 0 bridgehead atoms. The van der Waals surface area contributed by atoms with Gasteiger partial charge in [0.25, 0.3) is 0 Å². The summed E-state index contributed by atoms with van der Waals surface area (Å²) < 4.78 is 6.18. The van der Waals surface area contributed by atoms with Gasteiger partial charge in [-0.05, 0) is 28.7 Å². The normalized spacial score (nSPS) is 14.9. The third-order valence-corrected chi connectivity index (χ3v) is 5.27. The first-order chi connectivity index (χ1) is 11.8. The van der Waals surface area contributed by atoms with Gasteiger partial charge >= 0.3 is 0 Å². The van der Waals surface area contributed by atoms with Crippen LogP contribution < -0.4 is 5.32 Å². The number of hydrogen-bond donors (Lipinski definition) is 1. The molecular weight excluding hydrogens is 306 g/mol. The summed E-state index contributed by atoms with van der Waals surface area (Å²) in [5, 5.41) is 3.41. The zero-order chi connectivity index (χ0) is 17.8. The zero-order valence-corrected chi connectivity index (χ0v) is 15.6. The Morgan fingerprint density at radius 2 is 1.56 bits per heavy atom. The van der Waals surface area contributed by atoms with Gasteiger partial charge in [0, 0.05) is 28.3 Å². The molecule has 128 valence electrons. The van der Waals surface area contributed by atoms with Crippen LogP contribution in [0, 0.1) is 0 Å². The molecule has 0 spiro atoms. The summed E-state index contributed by atoms with van der Waals surface area (Å²) in [5.74, 6) is 1.80. The Bertz CT molecular complexity index is 923. The van der Waals surface area contributed by atoms with E-state index in [1.165, 1.54) is 22.3 Å². The van der Waals surface area contributed by atoms with E-state index in [-0.39, 0.29) is 10.8 Å². The van der Waals surface area contributed by atoms with Crippen LogP contribution in [0.25, 0.3) is 11.3 Å². The molecule has 0 radical (unpaired) electrons. The number of nitrogens with one attached hydrogen (secondary N) is 1. The summed E-state index contributed by atoms with van der Waals surface area (Å²) in [7, 11) is 0. The highest BCUT2D eigenvalue weighted by Gasteiger charge is 2.38. The molecule has 0 saturated heterocycles. The van der Waals surface area contributed by atoms with E-state index in [1.54, 1.807) is 0 Å². The van der Waals surface area contributed by atoms with E-state index in [1.807, 2.05) is 0 Å². The molecule has 1 aromatic heterocycles. The molecular formula is C23H25NO. The lowest BCUT2D eigenvalue weighted by Gasteiger charge is -2.20. The summed E-state index contributed by atoms with van der Waals surface area (Å²) >= 11 is 0. The van der Waals surface area contributed by atoms with Crippen LogP contribution in [0.5, 0.6) is 0 Å². The molecule has 0 unspecified atom stereocenters. The second-order valence-corrected chi connectivity index (χ2v) is 8.48. The fraction of sp³-hybridized carbons (Fsp3) is 0.304. The molecule has 0 saturated carbocycles. The molecule has 2 heteroatoms. The van der Waals surface area contributed by atoms with E-state index in [0.29, 0.717) is 0 Å². The molecule has 1 heterocycles. The Morgan fingerprint density at radius 1 is 0.880 bits per heavy atom. The fourth-order valence-electron chi connectivity index (χ4n) is 3.68. The van der Waals surface area contributed by atoms with Crippen molar-refractivity contribution in [3.63, 3.8) is 0 Å². The zero-order valence-electron chi connectivity index (χ0n) is 15.6. The standard InChI is InChI=1S/C23H25NO/c1-22(2,3)15-10-12-16(13-11-15)24-20-14-19-21(25-20)17-8-6-7-9-18(17)23(19,4)5/h6-14,24H,1-5H3. The van der Waals surface area contributed by atoms with Crippen LogP contribution in [0.1, 0.15) is 51.3 Å². The predicted molar refractivity (Wildman–Crippen MR) is 105 cm³/mol. The van der Waals surface area contributed by atoms with Gasteiger partial charge in [-0.1, -0.05) is 71.0 Å². The van der Waals surface area contributed by atoms with Crippen LogP contribution in [0.15, 0.2) is 59.0 Å². The molecule has 0 fully saturated rings. The Morgan fingerprint density at radius 3 is 2.24 bits per heavy atom. The van der Waals surface area contributed by atoms with Crippen molar-refractivity contribution in [2.24, 2.45) is 0 Å². The lowest BCUT2D eigenvalue weighted by molar-refractivity contribution is 0.590. The van der Waals surface area contributed by atoms with Crippen LogP contribution in [0.4, 0.5) is 11.6 Å². The topological polar surface area (TPSA) is 25.2 Å². The summed E-state index contributed by atoms with van der Waals surface area (Å²) in [6.07, 6.45) is 0. The van der Waals surface area contributed by atoms with E-state index >= 15 is 0 Å². The van der Waals surface area contributed by atoms with E-state index < -0.39 is 0 Å². The van der Waals surface area contributed by atoms with Gasteiger partial charge in [-0.2, -0.15) is 0 Å². The average Bonchev–Trinajstić information content (AvgIpc) is 3.06. The second-order valence-electron chi connectivity index (χ2n) is 8.48. The van der Waals surface area contributed by atoms with Gasteiger partial charge in [0.2, 0.25) is 0 Å². The highest BCUT2D eigenvalue weighted by atomic mass is 16.4. The first-order valence-electron chi connectivity index (χ1n) is 8.88. The minimum Gasteiger partial charge on any atom is -0.440 e. The number of furan rings is 1. The second kappa shape index (κ2) is 5.26. The van der Waals surface area contributed by atoms with Crippen molar-refractivity contribution in [2.75, 3.05) is 5.32 Å². The number of fused-ring (bicyclic) bond motifs is 3. The van der Waals surface area contributed by atoms with Gasteiger partial charge in [-0.3, -0.25) is 0 Å². The van der Waals surface area contributed by atoms with Crippen molar-refractivity contribution in [1.82, 2.24) is 0 Å². The van der Waals surface area contributed by atoms with Gasteiger partial charge in [0.05, 0.1) is 0 Å². The Kier molecular flexibility index (Phi) is 3.37. The lowest BCUT2D eigenvalue weighted by atomic mass is 9.83. The van der Waals surface area contributed by atoms with Gasteiger partial charge in [-0.15, -0.1) is 0 Å². The SMILES string of the molecule is CC(C)(C)c1ccc(Nc2cc3c(o2)-c2ccccc2C3(C)C)cc1. The third-order valence-electron chi connectivity index (χ3n) is 5.27. The monoisotopic (exact) mass is 331 g/mol. The van der Waals surface area contributed by atoms with E-state index in [4.69, 9.17) is 4.42 Å². The van der Waals surface area contributed by atoms with E-state index in [9.17, 15) is 0 Å². The highest BCUT2D eigenvalue weighted by Crippen LogP contribution is 2.50. The van der Waals surface area contributed by atoms with Crippen molar-refractivity contribution < 1.29 is 4.42 Å². The molecule has 1 N–H and O–H groups in total. The Labute approximate surface area is 149 Å². The van der Waals surface area contributed by atoms with Gasteiger partial charge < -0.3 is 9.73 Å². The van der Waals surface area contributed by atoms with Gasteiger partial charge in [0.1, 0.15) is 5.76 Å². The smallest absolute Gasteiger partial charge is 0.198 e. The van der Waals surface area contributed by atoms with Crippen LogP contribution in [-0.4, -0.2) is 0 Å². The van der Waals surface area contributed by atoms with Crippen LogP contribution in [-0.2, 0) is 10.8 Å². The quantitative estimate of drug-likeness (QED) is 0.570. The highest BCUT2D eigenvalue weighted by molar-refractivity contribution is 5.79. The van der Waals surface area contributed by atoms with Gasteiger partial charge in [-0.25, -0.2) is 0 Å². The van der Waals surface area contributed by atoms with Crippen molar-refractivity contribution in [3.8, 4) is 11.3 Å². The number of anilines is 2. The molecule has 1 aliphatic rings. The first-order valence-corrected chi connectivity index (χ1v) is 8.88. The molecule has 2 nitrogen and oxygen atoms in total. The van der Waals surface area contributed by atoms with Crippen LogP contribution in [0.3, 0.4) is 0 Å². The maximum Gasteiger partial charge on any atom is 0.198 e. The van der Waals surface area contributed by atoms with E-state index in [0.717, 1.165) is 17.3 Å². The maximum absolute atomic E-state index is 6.18. The maximum atomic E-state index is 6.18. The first kappa shape index (κ1) is 16.0. The third kappa shape index (κ3) is 2.57. The molecule has 3 aromatic rings. The molecule has 2 aromatic carbocycles. The van der Waals surface area contributed by atoms with Crippen LogP contribution in [0.2, 0.25) is 0 Å². The largest absolute Gasteiger partial charge is 0.440 e. The lowest BCUT2D eigenvalue weighted by Crippen LogP contribution is -2.14. The fourth-order valence-corrected chi connectivity index (χ4v) is 3.68. The average molecular weight is 331 g/mol. The molecule has 0 atom stereocenters. The molecule has 0 amide bonds. The molecule has 0 aliphatic heterocycles. The summed E-state index contributed by atoms with van der Waals surface area (Å²) in [4.78, 5) is 0.